The molecule has 2 aromatic rings. The van der Waals surface area contributed by atoms with Crippen molar-refractivity contribution in [3.05, 3.63) is 83.6 Å². The summed E-state index contributed by atoms with van der Waals surface area (Å²) in [6.45, 7) is 1.68. The third kappa shape index (κ3) is 4.18. The molecule has 0 atom stereocenters. The number of hydrogen-bond acceptors (Lipinski definition) is 4. The second-order valence-electron chi connectivity index (χ2n) is 5.79. The van der Waals surface area contributed by atoms with Crippen LogP contribution in [0, 0.1) is 0 Å². The van der Waals surface area contributed by atoms with Gasteiger partial charge in [-0.3, -0.25) is 4.31 Å². The van der Waals surface area contributed by atoms with Crippen molar-refractivity contribution >= 4 is 21.9 Å². The fraction of sp³-hybridized carbons (Fsp3) is 0.158. The lowest BCUT2D eigenvalue weighted by molar-refractivity contribution is -0.139. The molecule has 0 bridgehead atoms. The Hall–Kier alpha value is -2.93. The van der Waals surface area contributed by atoms with Gasteiger partial charge in [-0.25, -0.2) is 4.79 Å². The van der Waals surface area contributed by atoms with Crippen molar-refractivity contribution in [3.63, 3.8) is 0 Å². The molecule has 0 radical (unpaired) electrons. The van der Waals surface area contributed by atoms with Gasteiger partial charge in [-0.15, -0.1) is 4.40 Å². The van der Waals surface area contributed by atoms with Crippen LogP contribution in [0.5, 0.6) is 0 Å². The molecule has 0 aromatic heterocycles. The topological polar surface area (TPSA) is 76.0 Å². The third-order valence-corrected chi connectivity index (χ3v) is 5.16. The van der Waals surface area contributed by atoms with E-state index < -0.39 is 16.2 Å². The molecule has 1 aliphatic rings. The van der Waals surface area contributed by atoms with Crippen molar-refractivity contribution in [1.82, 2.24) is 4.31 Å². The maximum atomic E-state index is 12.4. The zero-order valence-electron chi connectivity index (χ0n) is 14.2. The molecule has 0 amide bonds. The van der Waals surface area contributed by atoms with Crippen LogP contribution in [-0.4, -0.2) is 24.4 Å². The molecular formula is C19H18N2O4S. The monoisotopic (exact) mass is 370 g/mol. The molecule has 1 aliphatic heterocycles. The minimum absolute atomic E-state index is 0.0927. The van der Waals surface area contributed by atoms with Gasteiger partial charge in [0, 0.05) is 6.20 Å². The van der Waals surface area contributed by atoms with Crippen LogP contribution >= 0.6 is 0 Å². The Bertz CT molecular complexity index is 952. The van der Waals surface area contributed by atoms with E-state index in [4.69, 9.17) is 4.74 Å². The summed E-state index contributed by atoms with van der Waals surface area (Å²) >= 11 is 0. The van der Waals surface area contributed by atoms with Crippen LogP contribution in [0.1, 0.15) is 18.1 Å². The summed E-state index contributed by atoms with van der Waals surface area (Å²) < 4.78 is 34.6. The molecule has 0 unspecified atom stereocenters. The smallest absolute Gasteiger partial charge is 0.344 e. The van der Waals surface area contributed by atoms with E-state index in [2.05, 4.69) is 4.40 Å². The molecular weight excluding hydrogens is 352 g/mol. The first kappa shape index (κ1) is 17.9. The second kappa shape index (κ2) is 7.53. The van der Waals surface area contributed by atoms with E-state index in [0.29, 0.717) is 0 Å². The van der Waals surface area contributed by atoms with Crippen molar-refractivity contribution in [2.75, 3.05) is 0 Å². The Labute approximate surface area is 152 Å². The second-order valence-corrected chi connectivity index (χ2v) is 7.34. The molecule has 3 rings (SSSR count). The average molecular weight is 370 g/mol. The Morgan fingerprint density at radius 2 is 1.58 bits per heavy atom. The van der Waals surface area contributed by atoms with Crippen LogP contribution in [0.4, 0.5) is 0 Å². The summed E-state index contributed by atoms with van der Waals surface area (Å²) in [5.74, 6) is -0.608. The molecule has 134 valence electrons. The maximum absolute atomic E-state index is 12.4. The summed E-state index contributed by atoms with van der Waals surface area (Å²) in [4.78, 5) is 12.4. The molecule has 1 heterocycles. The minimum atomic E-state index is -3.87. The Morgan fingerprint density at radius 3 is 2.19 bits per heavy atom. The van der Waals surface area contributed by atoms with Crippen LogP contribution in [0.15, 0.2) is 76.8 Å². The van der Waals surface area contributed by atoms with Crippen molar-refractivity contribution in [2.24, 2.45) is 4.40 Å². The van der Waals surface area contributed by atoms with Gasteiger partial charge >= 0.3 is 16.2 Å². The summed E-state index contributed by atoms with van der Waals surface area (Å²) in [5.41, 5.74) is 1.89. The van der Waals surface area contributed by atoms with Gasteiger partial charge in [-0.2, -0.15) is 8.42 Å². The first-order chi connectivity index (χ1) is 12.5. The van der Waals surface area contributed by atoms with Gasteiger partial charge in [0.25, 0.3) is 0 Å². The third-order valence-electron chi connectivity index (χ3n) is 3.83. The van der Waals surface area contributed by atoms with Crippen LogP contribution in [-0.2, 0) is 32.9 Å². The van der Waals surface area contributed by atoms with Gasteiger partial charge in [-0.05, 0) is 18.1 Å². The molecule has 0 saturated carbocycles. The molecule has 6 nitrogen and oxygen atoms in total. The standard InChI is InChI=1S/C19H18N2O4S/c1-15-18(19(22)25-14-17-10-6-3-7-11-17)13-21(26(23,24)20-15)12-16-8-4-2-5-9-16/h2-11,13H,12,14H2,1H3. The van der Waals surface area contributed by atoms with Gasteiger partial charge < -0.3 is 4.74 Å². The highest BCUT2D eigenvalue weighted by molar-refractivity contribution is 7.88. The lowest BCUT2D eigenvalue weighted by atomic mass is 10.2. The first-order valence-electron chi connectivity index (χ1n) is 8.01. The first-order valence-corrected chi connectivity index (χ1v) is 9.41. The van der Waals surface area contributed by atoms with E-state index in [0.717, 1.165) is 15.4 Å². The van der Waals surface area contributed by atoms with E-state index >= 15 is 0 Å². The quantitative estimate of drug-likeness (QED) is 0.759. The van der Waals surface area contributed by atoms with Crippen molar-refractivity contribution < 1.29 is 17.9 Å². The normalized spacial score (nSPS) is 15.8. The zero-order valence-corrected chi connectivity index (χ0v) is 15.0. The van der Waals surface area contributed by atoms with Gasteiger partial charge in [0.2, 0.25) is 0 Å². The van der Waals surface area contributed by atoms with Crippen molar-refractivity contribution in [3.8, 4) is 0 Å². The highest BCUT2D eigenvalue weighted by atomic mass is 32.2. The van der Waals surface area contributed by atoms with Gasteiger partial charge in [0.15, 0.2) is 0 Å². The lowest BCUT2D eigenvalue weighted by Crippen LogP contribution is -2.31. The predicted molar refractivity (Wildman–Crippen MR) is 98.3 cm³/mol. The Balaban J connectivity index is 1.78. The Kier molecular flexibility index (Phi) is 5.18. The number of benzene rings is 2. The van der Waals surface area contributed by atoms with E-state index in [1.54, 1.807) is 0 Å². The molecule has 0 saturated heterocycles. The average Bonchev–Trinajstić information content (AvgIpc) is 2.63. The van der Waals surface area contributed by atoms with E-state index in [1.807, 2.05) is 60.7 Å². The number of ether oxygens (including phenoxy) is 1. The molecule has 0 fully saturated rings. The number of carbonyl (C=O) groups excluding carboxylic acids is 1. The van der Waals surface area contributed by atoms with Crippen LogP contribution in [0.25, 0.3) is 0 Å². The number of rotatable bonds is 5. The number of carbonyl (C=O) groups is 1. The van der Waals surface area contributed by atoms with E-state index in [9.17, 15) is 13.2 Å². The van der Waals surface area contributed by atoms with E-state index in [-0.39, 0.29) is 24.4 Å². The van der Waals surface area contributed by atoms with Gasteiger partial charge in [0.1, 0.15) is 6.61 Å². The number of nitrogens with zero attached hydrogens (tertiary/aromatic N) is 2. The number of esters is 1. The molecule has 7 heteroatoms. The molecule has 0 N–H and O–H groups in total. The highest BCUT2D eigenvalue weighted by Crippen LogP contribution is 2.20. The summed E-state index contributed by atoms with van der Waals surface area (Å²) in [6.07, 6.45) is 1.29. The van der Waals surface area contributed by atoms with Gasteiger partial charge in [-0.1, -0.05) is 60.7 Å². The highest BCUT2D eigenvalue weighted by Gasteiger charge is 2.28. The fourth-order valence-electron chi connectivity index (χ4n) is 2.47. The molecule has 0 spiro atoms. The summed E-state index contributed by atoms with van der Waals surface area (Å²) in [5, 5.41) is 0. The zero-order chi connectivity index (χ0) is 18.6. The summed E-state index contributed by atoms with van der Waals surface area (Å²) in [7, 11) is -3.87. The molecule has 26 heavy (non-hydrogen) atoms. The largest absolute Gasteiger partial charge is 0.457 e. The lowest BCUT2D eigenvalue weighted by Gasteiger charge is -2.23. The van der Waals surface area contributed by atoms with Crippen LogP contribution < -0.4 is 0 Å². The molecule has 0 aliphatic carbocycles. The maximum Gasteiger partial charge on any atom is 0.344 e. The summed E-state index contributed by atoms with van der Waals surface area (Å²) in [6, 6.07) is 18.4. The minimum Gasteiger partial charge on any atom is -0.457 e. The SMILES string of the molecule is CC1=NS(=O)(=O)N(Cc2ccccc2)C=C1C(=O)OCc1ccccc1. The molecule has 2 aromatic carbocycles. The van der Waals surface area contributed by atoms with Gasteiger partial charge in [0.05, 0.1) is 17.8 Å². The van der Waals surface area contributed by atoms with Crippen LogP contribution in [0.2, 0.25) is 0 Å². The van der Waals surface area contributed by atoms with E-state index in [1.165, 1.54) is 13.1 Å². The van der Waals surface area contributed by atoms with Crippen molar-refractivity contribution in [1.29, 1.82) is 0 Å². The fourth-order valence-corrected chi connectivity index (χ4v) is 3.57. The van der Waals surface area contributed by atoms with Crippen molar-refractivity contribution in [2.45, 2.75) is 20.1 Å². The van der Waals surface area contributed by atoms with Crippen LogP contribution in [0.3, 0.4) is 0 Å². The number of hydrogen-bond donors (Lipinski definition) is 0. The predicted octanol–water partition coefficient (Wildman–Crippen LogP) is 2.84. The Morgan fingerprint density at radius 1 is 1.00 bits per heavy atom.